The Morgan fingerprint density at radius 2 is 1.89 bits per heavy atom. The number of nitrogens with one attached hydrogen (secondary N) is 1. The fraction of sp³-hybridized carbons (Fsp3) is 0.300. The van der Waals surface area contributed by atoms with Gasteiger partial charge < -0.3 is 10.8 Å². The average Bonchev–Trinajstić information content (AvgIpc) is 2.26. The molecule has 0 fully saturated rings. The number of hydrogen-bond acceptors (Lipinski definition) is 4. The zero-order valence-electron chi connectivity index (χ0n) is 9.44. The maximum atomic E-state index is 11.6. The summed E-state index contributed by atoms with van der Waals surface area (Å²) in [6.45, 7) is -0.315. The molecule has 0 aliphatic rings. The molecule has 0 aliphatic heterocycles. The largest absolute Gasteiger partial charge is 0.480 e. The molecule has 0 saturated carbocycles. The molecule has 6 nitrogen and oxygen atoms in total. The van der Waals surface area contributed by atoms with Crippen LogP contribution in [0.25, 0.3) is 0 Å². The van der Waals surface area contributed by atoms with Gasteiger partial charge in [0.15, 0.2) is 0 Å². The van der Waals surface area contributed by atoms with E-state index in [0.29, 0.717) is 5.56 Å². The summed E-state index contributed by atoms with van der Waals surface area (Å²) in [7, 11) is -3.56. The number of rotatable bonds is 6. The van der Waals surface area contributed by atoms with E-state index in [1.54, 1.807) is 30.3 Å². The van der Waals surface area contributed by atoms with Crippen LogP contribution in [0.2, 0.25) is 0 Å². The molecule has 0 saturated heterocycles. The van der Waals surface area contributed by atoms with E-state index < -0.39 is 22.0 Å². The minimum atomic E-state index is -3.56. The number of nitrogens with two attached hydrogens (primary N) is 1. The van der Waals surface area contributed by atoms with E-state index in [1.807, 2.05) is 0 Å². The molecule has 1 aromatic carbocycles. The van der Waals surface area contributed by atoms with Crippen LogP contribution >= 0.6 is 12.4 Å². The van der Waals surface area contributed by atoms with Crippen molar-refractivity contribution in [3.05, 3.63) is 35.9 Å². The fourth-order valence-electron chi connectivity index (χ4n) is 1.15. The Morgan fingerprint density at radius 3 is 2.39 bits per heavy atom. The van der Waals surface area contributed by atoms with Gasteiger partial charge in [0, 0.05) is 6.54 Å². The molecule has 8 heteroatoms. The van der Waals surface area contributed by atoms with E-state index in [1.165, 1.54) is 0 Å². The third kappa shape index (κ3) is 5.97. The van der Waals surface area contributed by atoms with Crippen molar-refractivity contribution in [2.75, 3.05) is 6.54 Å². The minimum absolute atomic E-state index is 0. The SMILES string of the molecule is Cl.N[C@H](CNS(=O)(=O)Cc1ccccc1)C(=O)O. The lowest BCUT2D eigenvalue weighted by Crippen LogP contribution is -2.42. The van der Waals surface area contributed by atoms with Gasteiger partial charge in [-0.05, 0) is 5.56 Å². The van der Waals surface area contributed by atoms with Gasteiger partial charge in [-0.25, -0.2) is 13.1 Å². The van der Waals surface area contributed by atoms with E-state index in [-0.39, 0.29) is 24.7 Å². The van der Waals surface area contributed by atoms with Crippen molar-refractivity contribution in [3.63, 3.8) is 0 Å². The Morgan fingerprint density at radius 1 is 1.33 bits per heavy atom. The standard InChI is InChI=1S/C10H14N2O4S.ClH/c11-9(10(13)14)6-12-17(15,16)7-8-4-2-1-3-5-8;/h1-5,9,12H,6-7,11H2,(H,13,14);1H/t9-;/m1./s1. The van der Waals surface area contributed by atoms with Crippen molar-refractivity contribution in [3.8, 4) is 0 Å². The summed E-state index contributed by atoms with van der Waals surface area (Å²) in [4.78, 5) is 10.4. The lowest BCUT2D eigenvalue weighted by Gasteiger charge is -2.09. The first kappa shape index (κ1) is 16.9. The van der Waals surface area contributed by atoms with Crippen molar-refractivity contribution in [1.29, 1.82) is 0 Å². The first-order valence-electron chi connectivity index (χ1n) is 4.90. The van der Waals surface area contributed by atoms with Crippen LogP contribution in [-0.4, -0.2) is 32.1 Å². The molecule has 1 rings (SSSR count). The number of carboxylic acid groups (broad SMARTS) is 1. The third-order valence-electron chi connectivity index (χ3n) is 2.04. The zero-order chi connectivity index (χ0) is 12.9. The lowest BCUT2D eigenvalue weighted by atomic mass is 10.2. The van der Waals surface area contributed by atoms with Gasteiger partial charge in [-0.3, -0.25) is 4.79 Å². The maximum Gasteiger partial charge on any atom is 0.321 e. The number of carboxylic acids is 1. The van der Waals surface area contributed by atoms with E-state index in [4.69, 9.17) is 10.8 Å². The molecule has 0 amide bonds. The first-order valence-corrected chi connectivity index (χ1v) is 6.55. The van der Waals surface area contributed by atoms with Crippen LogP contribution in [0.15, 0.2) is 30.3 Å². The summed E-state index contributed by atoms with van der Waals surface area (Å²) < 4.78 is 25.3. The number of carbonyl (C=O) groups is 1. The summed E-state index contributed by atoms with van der Waals surface area (Å²) in [5, 5.41) is 8.51. The second-order valence-corrected chi connectivity index (χ2v) is 5.34. The smallest absolute Gasteiger partial charge is 0.321 e. The topological polar surface area (TPSA) is 109 Å². The number of halogens is 1. The van der Waals surface area contributed by atoms with Gasteiger partial charge in [0.25, 0.3) is 0 Å². The quantitative estimate of drug-likeness (QED) is 0.681. The van der Waals surface area contributed by atoms with Gasteiger partial charge in [0.1, 0.15) is 6.04 Å². The molecule has 1 aromatic rings. The summed E-state index contributed by atoms with van der Waals surface area (Å²) in [6, 6.07) is 7.36. The van der Waals surface area contributed by atoms with Gasteiger partial charge in [0.05, 0.1) is 5.75 Å². The second-order valence-electron chi connectivity index (χ2n) is 3.54. The molecule has 0 heterocycles. The molecular formula is C10H15ClN2O4S. The Balaban J connectivity index is 0.00000289. The van der Waals surface area contributed by atoms with Crippen LogP contribution in [0.5, 0.6) is 0 Å². The fourth-order valence-corrected chi connectivity index (χ4v) is 2.32. The molecule has 4 N–H and O–H groups in total. The average molecular weight is 295 g/mol. The number of hydrogen-bond donors (Lipinski definition) is 3. The van der Waals surface area contributed by atoms with E-state index in [9.17, 15) is 13.2 Å². The van der Waals surface area contributed by atoms with E-state index in [2.05, 4.69) is 4.72 Å². The van der Waals surface area contributed by atoms with E-state index >= 15 is 0 Å². The highest BCUT2D eigenvalue weighted by atomic mass is 35.5. The molecule has 0 aliphatic carbocycles. The van der Waals surface area contributed by atoms with Crippen molar-refractivity contribution in [1.82, 2.24) is 4.72 Å². The lowest BCUT2D eigenvalue weighted by molar-refractivity contribution is -0.138. The highest BCUT2D eigenvalue weighted by Gasteiger charge is 2.16. The van der Waals surface area contributed by atoms with Gasteiger partial charge in [-0.15, -0.1) is 12.4 Å². The van der Waals surface area contributed by atoms with Gasteiger partial charge >= 0.3 is 5.97 Å². The maximum absolute atomic E-state index is 11.6. The molecule has 0 unspecified atom stereocenters. The second kappa shape index (κ2) is 7.32. The van der Waals surface area contributed by atoms with Crippen molar-refractivity contribution in [2.24, 2.45) is 5.73 Å². The van der Waals surface area contributed by atoms with Gasteiger partial charge in [-0.1, -0.05) is 30.3 Å². The van der Waals surface area contributed by atoms with Crippen LogP contribution in [0, 0.1) is 0 Å². The Labute approximate surface area is 112 Å². The Kier molecular flexibility index (Phi) is 6.85. The molecule has 0 bridgehead atoms. The molecule has 0 aromatic heterocycles. The highest BCUT2D eigenvalue weighted by molar-refractivity contribution is 7.88. The summed E-state index contributed by atoms with van der Waals surface area (Å²) in [6.07, 6.45) is 0. The molecule has 18 heavy (non-hydrogen) atoms. The normalized spacial score (nSPS) is 12.5. The van der Waals surface area contributed by atoms with Crippen LogP contribution in [-0.2, 0) is 20.6 Å². The Bertz CT molecular complexity index is 478. The molecule has 102 valence electrons. The van der Waals surface area contributed by atoms with Crippen LogP contribution in [0.4, 0.5) is 0 Å². The van der Waals surface area contributed by atoms with Gasteiger partial charge in [0.2, 0.25) is 10.0 Å². The number of sulfonamides is 1. The predicted octanol–water partition coefficient (Wildman–Crippen LogP) is -0.0603. The van der Waals surface area contributed by atoms with Gasteiger partial charge in [-0.2, -0.15) is 0 Å². The number of aliphatic carboxylic acids is 1. The summed E-state index contributed by atoms with van der Waals surface area (Å²) in [5.74, 6) is -1.44. The zero-order valence-corrected chi connectivity index (χ0v) is 11.1. The minimum Gasteiger partial charge on any atom is -0.480 e. The third-order valence-corrected chi connectivity index (χ3v) is 3.36. The van der Waals surface area contributed by atoms with Crippen molar-refractivity contribution < 1.29 is 18.3 Å². The molecule has 0 spiro atoms. The Hall–Kier alpha value is -1.15. The van der Waals surface area contributed by atoms with Crippen LogP contribution in [0.3, 0.4) is 0 Å². The predicted molar refractivity (Wildman–Crippen MR) is 69.9 cm³/mol. The monoisotopic (exact) mass is 294 g/mol. The van der Waals surface area contributed by atoms with E-state index in [0.717, 1.165) is 0 Å². The van der Waals surface area contributed by atoms with Crippen LogP contribution < -0.4 is 10.5 Å². The number of benzene rings is 1. The van der Waals surface area contributed by atoms with Crippen molar-refractivity contribution in [2.45, 2.75) is 11.8 Å². The highest BCUT2D eigenvalue weighted by Crippen LogP contribution is 2.03. The van der Waals surface area contributed by atoms with Crippen LogP contribution in [0.1, 0.15) is 5.56 Å². The summed E-state index contributed by atoms with van der Waals surface area (Å²) in [5.41, 5.74) is 5.82. The first-order chi connectivity index (χ1) is 7.91. The van der Waals surface area contributed by atoms with Crippen molar-refractivity contribution >= 4 is 28.4 Å². The molecular weight excluding hydrogens is 280 g/mol. The molecule has 1 atom stereocenters. The summed E-state index contributed by atoms with van der Waals surface area (Å²) >= 11 is 0. The molecule has 0 radical (unpaired) electrons.